The van der Waals surface area contributed by atoms with Crippen molar-refractivity contribution in [2.45, 2.75) is 17.1 Å². The standard InChI is InChI=1S/C15H14FNO2S/c16-12-5-6-13(17)14(8-12)20-9-11-3-1-10(2-4-11)7-15(18)19/h1-6,8H,7,9,17H2,(H,18,19). The number of carboxylic acids is 1. The van der Waals surface area contributed by atoms with E-state index >= 15 is 0 Å². The first-order chi connectivity index (χ1) is 9.54. The topological polar surface area (TPSA) is 63.3 Å². The van der Waals surface area contributed by atoms with E-state index in [4.69, 9.17) is 10.8 Å². The van der Waals surface area contributed by atoms with Crippen LogP contribution in [0.15, 0.2) is 47.4 Å². The van der Waals surface area contributed by atoms with Gasteiger partial charge in [-0.25, -0.2) is 4.39 Å². The summed E-state index contributed by atoms with van der Waals surface area (Å²) in [6.07, 6.45) is 0.0181. The van der Waals surface area contributed by atoms with E-state index in [1.165, 1.54) is 23.9 Å². The number of anilines is 1. The van der Waals surface area contributed by atoms with Gasteiger partial charge in [0.05, 0.1) is 6.42 Å². The lowest BCUT2D eigenvalue weighted by Crippen LogP contribution is -1.99. The molecule has 2 aromatic carbocycles. The van der Waals surface area contributed by atoms with E-state index in [0.29, 0.717) is 16.3 Å². The maximum atomic E-state index is 13.1. The average Bonchev–Trinajstić information content (AvgIpc) is 2.41. The highest BCUT2D eigenvalue weighted by molar-refractivity contribution is 7.98. The number of nitrogen functional groups attached to an aromatic ring is 1. The second-order valence-electron chi connectivity index (χ2n) is 4.36. The van der Waals surface area contributed by atoms with Crippen LogP contribution in [0, 0.1) is 5.82 Å². The predicted molar refractivity (Wildman–Crippen MR) is 78.2 cm³/mol. The highest BCUT2D eigenvalue weighted by atomic mass is 32.2. The molecular formula is C15H14FNO2S. The van der Waals surface area contributed by atoms with Gasteiger partial charge in [0.1, 0.15) is 5.82 Å². The molecule has 0 amide bonds. The first kappa shape index (κ1) is 14.4. The second kappa shape index (κ2) is 6.43. The molecule has 0 spiro atoms. The fourth-order valence-corrected chi connectivity index (χ4v) is 2.67. The van der Waals surface area contributed by atoms with Crippen molar-refractivity contribution in [3.05, 3.63) is 59.4 Å². The lowest BCUT2D eigenvalue weighted by Gasteiger charge is -2.06. The predicted octanol–water partition coefficient (Wildman–Crippen LogP) is 3.33. The number of aliphatic carboxylic acids is 1. The third-order valence-electron chi connectivity index (χ3n) is 2.75. The Hall–Kier alpha value is -2.01. The van der Waals surface area contributed by atoms with Gasteiger partial charge in [-0.05, 0) is 29.3 Å². The number of thioether (sulfide) groups is 1. The van der Waals surface area contributed by atoms with E-state index in [-0.39, 0.29) is 12.2 Å². The molecule has 0 aromatic heterocycles. The summed E-state index contributed by atoms with van der Waals surface area (Å²) in [5.74, 6) is -0.501. The first-order valence-electron chi connectivity index (χ1n) is 6.02. The number of carboxylic acid groups (broad SMARTS) is 1. The Morgan fingerprint density at radius 3 is 2.45 bits per heavy atom. The molecule has 2 aromatic rings. The molecule has 3 N–H and O–H groups in total. The number of hydrogen-bond donors (Lipinski definition) is 2. The summed E-state index contributed by atoms with van der Waals surface area (Å²) in [5, 5.41) is 8.69. The molecule has 20 heavy (non-hydrogen) atoms. The lowest BCUT2D eigenvalue weighted by atomic mass is 10.1. The van der Waals surface area contributed by atoms with Gasteiger partial charge < -0.3 is 10.8 Å². The SMILES string of the molecule is Nc1ccc(F)cc1SCc1ccc(CC(=O)O)cc1. The highest BCUT2D eigenvalue weighted by Crippen LogP contribution is 2.28. The zero-order valence-corrected chi connectivity index (χ0v) is 11.5. The Bertz CT molecular complexity index is 614. The van der Waals surface area contributed by atoms with Gasteiger partial charge in [0, 0.05) is 16.3 Å². The molecule has 0 aliphatic rings. The van der Waals surface area contributed by atoms with E-state index in [2.05, 4.69) is 0 Å². The summed E-state index contributed by atoms with van der Waals surface area (Å²) >= 11 is 1.45. The van der Waals surface area contributed by atoms with Crippen LogP contribution in [-0.2, 0) is 17.0 Å². The maximum absolute atomic E-state index is 13.1. The molecule has 5 heteroatoms. The van der Waals surface area contributed by atoms with Gasteiger partial charge in [0.15, 0.2) is 0 Å². The van der Waals surface area contributed by atoms with Crippen molar-refractivity contribution in [3.8, 4) is 0 Å². The van der Waals surface area contributed by atoms with Crippen LogP contribution in [0.4, 0.5) is 10.1 Å². The number of hydrogen-bond acceptors (Lipinski definition) is 3. The van der Waals surface area contributed by atoms with Gasteiger partial charge in [-0.2, -0.15) is 0 Å². The molecule has 3 nitrogen and oxygen atoms in total. The molecule has 0 unspecified atom stereocenters. The van der Waals surface area contributed by atoms with Gasteiger partial charge >= 0.3 is 5.97 Å². The van der Waals surface area contributed by atoms with Crippen molar-refractivity contribution in [3.63, 3.8) is 0 Å². The van der Waals surface area contributed by atoms with E-state index in [1.807, 2.05) is 12.1 Å². The molecule has 0 aliphatic heterocycles. The minimum atomic E-state index is -0.848. The quantitative estimate of drug-likeness (QED) is 0.655. The lowest BCUT2D eigenvalue weighted by molar-refractivity contribution is -0.136. The molecular weight excluding hydrogens is 277 g/mol. The smallest absolute Gasteiger partial charge is 0.307 e. The average molecular weight is 291 g/mol. The summed E-state index contributed by atoms with van der Waals surface area (Å²) in [6.45, 7) is 0. The van der Waals surface area contributed by atoms with Crippen LogP contribution in [0.25, 0.3) is 0 Å². The fraction of sp³-hybridized carbons (Fsp3) is 0.133. The Morgan fingerprint density at radius 1 is 1.15 bits per heavy atom. The van der Waals surface area contributed by atoms with Crippen LogP contribution in [0.3, 0.4) is 0 Å². The Labute approximate surface area is 120 Å². The highest BCUT2D eigenvalue weighted by Gasteiger charge is 2.04. The minimum Gasteiger partial charge on any atom is -0.481 e. The molecule has 2 rings (SSSR count). The molecule has 0 atom stereocenters. The van der Waals surface area contributed by atoms with Crippen molar-refractivity contribution in [2.75, 3.05) is 5.73 Å². The first-order valence-corrected chi connectivity index (χ1v) is 7.00. The van der Waals surface area contributed by atoms with Crippen LogP contribution < -0.4 is 5.73 Å². The number of halogens is 1. The van der Waals surface area contributed by atoms with Crippen LogP contribution in [0.2, 0.25) is 0 Å². The van der Waals surface area contributed by atoms with Crippen molar-refractivity contribution in [1.82, 2.24) is 0 Å². The number of benzene rings is 2. The molecule has 0 bridgehead atoms. The molecule has 104 valence electrons. The normalized spacial score (nSPS) is 10.4. The monoisotopic (exact) mass is 291 g/mol. The van der Waals surface area contributed by atoms with E-state index in [1.54, 1.807) is 18.2 Å². The third-order valence-corrected chi connectivity index (χ3v) is 3.89. The third kappa shape index (κ3) is 3.99. The maximum Gasteiger partial charge on any atom is 0.307 e. The van der Waals surface area contributed by atoms with Crippen LogP contribution in [0.5, 0.6) is 0 Å². The Balaban J connectivity index is 2.00. The van der Waals surface area contributed by atoms with E-state index < -0.39 is 5.97 Å². The van der Waals surface area contributed by atoms with Gasteiger partial charge in [-0.1, -0.05) is 24.3 Å². The van der Waals surface area contributed by atoms with Crippen LogP contribution >= 0.6 is 11.8 Å². The van der Waals surface area contributed by atoms with Gasteiger partial charge in [0.2, 0.25) is 0 Å². The minimum absolute atomic E-state index is 0.0181. The summed E-state index contributed by atoms with van der Waals surface area (Å²) in [7, 11) is 0. The van der Waals surface area contributed by atoms with Crippen molar-refractivity contribution in [1.29, 1.82) is 0 Å². The fourth-order valence-electron chi connectivity index (χ4n) is 1.72. The summed E-state index contributed by atoms with van der Waals surface area (Å²) < 4.78 is 13.1. The second-order valence-corrected chi connectivity index (χ2v) is 5.38. The number of nitrogens with two attached hydrogens (primary N) is 1. The van der Waals surface area contributed by atoms with E-state index in [9.17, 15) is 9.18 Å². The summed E-state index contributed by atoms with van der Waals surface area (Å²) in [6, 6.07) is 11.6. The Kier molecular flexibility index (Phi) is 4.63. The molecule has 0 saturated carbocycles. The zero-order valence-electron chi connectivity index (χ0n) is 10.7. The zero-order chi connectivity index (χ0) is 14.5. The van der Waals surface area contributed by atoms with Crippen LogP contribution in [-0.4, -0.2) is 11.1 Å². The van der Waals surface area contributed by atoms with Gasteiger partial charge in [-0.15, -0.1) is 11.8 Å². The number of rotatable bonds is 5. The van der Waals surface area contributed by atoms with E-state index in [0.717, 1.165) is 11.1 Å². The van der Waals surface area contributed by atoms with Gasteiger partial charge in [0.25, 0.3) is 0 Å². The molecule has 0 fully saturated rings. The van der Waals surface area contributed by atoms with Crippen molar-refractivity contribution in [2.24, 2.45) is 0 Å². The Morgan fingerprint density at radius 2 is 1.80 bits per heavy atom. The largest absolute Gasteiger partial charge is 0.481 e. The molecule has 0 radical (unpaired) electrons. The van der Waals surface area contributed by atoms with Crippen LogP contribution in [0.1, 0.15) is 11.1 Å². The molecule has 0 saturated heterocycles. The summed E-state index contributed by atoms with van der Waals surface area (Å²) in [5.41, 5.74) is 8.13. The van der Waals surface area contributed by atoms with Crippen molar-refractivity contribution < 1.29 is 14.3 Å². The molecule has 0 heterocycles. The number of carbonyl (C=O) groups is 1. The summed E-state index contributed by atoms with van der Waals surface area (Å²) in [4.78, 5) is 11.3. The van der Waals surface area contributed by atoms with Gasteiger partial charge in [-0.3, -0.25) is 4.79 Å². The molecule has 0 aliphatic carbocycles. The van der Waals surface area contributed by atoms with Crippen molar-refractivity contribution >= 4 is 23.4 Å².